The maximum absolute atomic E-state index is 11.9. The highest BCUT2D eigenvalue weighted by Gasteiger charge is 2.29. The van der Waals surface area contributed by atoms with Gasteiger partial charge in [0.05, 0.1) is 25.4 Å². The van der Waals surface area contributed by atoms with Crippen molar-refractivity contribution in [2.75, 3.05) is 20.8 Å². The summed E-state index contributed by atoms with van der Waals surface area (Å²) in [6.07, 6.45) is 3.64. The van der Waals surface area contributed by atoms with E-state index in [0.717, 1.165) is 24.8 Å². The van der Waals surface area contributed by atoms with Crippen molar-refractivity contribution in [3.05, 3.63) is 12.2 Å². The van der Waals surface area contributed by atoms with Gasteiger partial charge in [0.1, 0.15) is 0 Å². The molecule has 1 saturated heterocycles. The number of rotatable bonds is 10. The number of carbonyl (C=O) groups is 1. The van der Waals surface area contributed by atoms with Gasteiger partial charge >= 0.3 is 0 Å². The maximum atomic E-state index is 11.9. The molecule has 23 heavy (non-hydrogen) atoms. The third-order valence-electron chi connectivity index (χ3n) is 4.38. The number of amides is 1. The smallest absolute Gasteiger partial charge is 0.248 e. The molecule has 2 unspecified atom stereocenters. The molecule has 0 saturated carbocycles. The van der Waals surface area contributed by atoms with Crippen LogP contribution in [0.5, 0.6) is 0 Å². The van der Waals surface area contributed by atoms with Gasteiger partial charge in [-0.15, -0.1) is 0 Å². The van der Waals surface area contributed by atoms with Crippen molar-refractivity contribution in [2.24, 2.45) is 5.92 Å². The van der Waals surface area contributed by atoms with E-state index in [9.17, 15) is 9.90 Å². The van der Waals surface area contributed by atoms with Crippen LogP contribution >= 0.6 is 0 Å². The molecule has 1 rings (SSSR count). The Hall–Kier alpha value is -0.950. The van der Waals surface area contributed by atoms with Crippen molar-refractivity contribution < 1.29 is 24.6 Å². The number of hydroxylamine groups is 2. The lowest BCUT2D eigenvalue weighted by molar-refractivity contribution is -0.173. The Morgan fingerprint density at radius 2 is 2.22 bits per heavy atom. The monoisotopic (exact) mass is 329 g/mol. The van der Waals surface area contributed by atoms with Crippen LogP contribution in [0, 0.1) is 5.92 Å². The molecule has 0 radical (unpaired) electrons. The minimum absolute atomic E-state index is 0.0269. The highest BCUT2D eigenvalue weighted by Crippen LogP contribution is 2.30. The van der Waals surface area contributed by atoms with Crippen LogP contribution in [0.15, 0.2) is 12.2 Å². The molecular formula is C17H31NO5. The van der Waals surface area contributed by atoms with Crippen LogP contribution in [0.3, 0.4) is 0 Å². The van der Waals surface area contributed by atoms with E-state index >= 15 is 0 Å². The first kappa shape index (κ1) is 20.1. The molecule has 1 aliphatic heterocycles. The summed E-state index contributed by atoms with van der Waals surface area (Å²) < 4.78 is 5.92. The predicted octanol–water partition coefficient (Wildman–Crippen LogP) is 1.66. The van der Waals surface area contributed by atoms with Crippen molar-refractivity contribution in [1.29, 1.82) is 0 Å². The fourth-order valence-corrected chi connectivity index (χ4v) is 2.93. The van der Waals surface area contributed by atoms with Crippen LogP contribution in [0.2, 0.25) is 0 Å². The minimum atomic E-state index is -0.549. The molecule has 0 spiro atoms. The van der Waals surface area contributed by atoms with Crippen molar-refractivity contribution in [2.45, 2.75) is 63.8 Å². The number of ether oxygens (including phenoxy) is 1. The van der Waals surface area contributed by atoms with Gasteiger partial charge in [-0.2, -0.15) is 0 Å². The van der Waals surface area contributed by atoms with Crippen LogP contribution in [0.4, 0.5) is 0 Å². The molecule has 1 fully saturated rings. The van der Waals surface area contributed by atoms with Gasteiger partial charge in [-0.05, 0) is 44.1 Å². The van der Waals surface area contributed by atoms with Gasteiger partial charge in [0.2, 0.25) is 5.91 Å². The zero-order valence-corrected chi connectivity index (χ0v) is 14.5. The van der Waals surface area contributed by atoms with Gasteiger partial charge in [0.15, 0.2) is 0 Å². The number of hydrogen-bond acceptors (Lipinski definition) is 5. The Bertz CT molecular complexity index is 387. The second kappa shape index (κ2) is 10.0. The average molecular weight is 329 g/mol. The summed E-state index contributed by atoms with van der Waals surface area (Å²) in [6.45, 7) is 6.02. The molecule has 6 heteroatoms. The molecular weight excluding hydrogens is 298 g/mol. The summed E-state index contributed by atoms with van der Waals surface area (Å²) >= 11 is 0. The van der Waals surface area contributed by atoms with Crippen LogP contribution in [0.1, 0.15) is 45.4 Å². The van der Waals surface area contributed by atoms with Gasteiger partial charge in [-0.3, -0.25) is 9.63 Å². The van der Waals surface area contributed by atoms with Gasteiger partial charge in [0, 0.05) is 19.6 Å². The van der Waals surface area contributed by atoms with Crippen molar-refractivity contribution >= 4 is 5.91 Å². The Morgan fingerprint density at radius 1 is 1.52 bits per heavy atom. The quantitative estimate of drug-likeness (QED) is 0.471. The molecule has 0 aromatic carbocycles. The van der Waals surface area contributed by atoms with E-state index in [-0.39, 0.29) is 30.6 Å². The lowest BCUT2D eigenvalue weighted by atomic mass is 9.96. The topological polar surface area (TPSA) is 79.2 Å². The predicted molar refractivity (Wildman–Crippen MR) is 87.5 cm³/mol. The standard InChI is InChI=1S/C17H31NO5/c1-12-11-15(6-5-9-19)23-16(12)8-7-14(20)10-13(2)17(21)18(3)22-4/h13-16,19-20H,1,5-11H2,2-4H3/t13-,14?,15?,16+/m1/s1. The Kier molecular flexibility index (Phi) is 8.76. The summed E-state index contributed by atoms with van der Waals surface area (Å²) in [5.41, 5.74) is 1.06. The number of aliphatic hydroxyl groups is 2. The van der Waals surface area contributed by atoms with Gasteiger partial charge < -0.3 is 14.9 Å². The van der Waals surface area contributed by atoms with E-state index in [1.54, 1.807) is 14.0 Å². The zero-order chi connectivity index (χ0) is 17.4. The molecule has 4 atom stereocenters. The maximum Gasteiger partial charge on any atom is 0.248 e. The highest BCUT2D eigenvalue weighted by atomic mass is 16.7. The fraction of sp³-hybridized carbons (Fsp3) is 0.824. The average Bonchev–Trinajstić information content (AvgIpc) is 2.89. The second-order valence-electron chi connectivity index (χ2n) is 6.36. The van der Waals surface area contributed by atoms with Crippen LogP contribution < -0.4 is 0 Å². The molecule has 0 bridgehead atoms. The van der Waals surface area contributed by atoms with Gasteiger partial charge in [-0.1, -0.05) is 13.5 Å². The van der Waals surface area contributed by atoms with Crippen molar-refractivity contribution in [1.82, 2.24) is 5.06 Å². The van der Waals surface area contributed by atoms with E-state index in [4.69, 9.17) is 14.7 Å². The number of aliphatic hydroxyl groups excluding tert-OH is 2. The van der Waals surface area contributed by atoms with E-state index in [0.29, 0.717) is 19.3 Å². The fourth-order valence-electron chi connectivity index (χ4n) is 2.93. The molecule has 1 amide bonds. The Morgan fingerprint density at radius 3 is 2.83 bits per heavy atom. The van der Waals surface area contributed by atoms with Crippen molar-refractivity contribution in [3.63, 3.8) is 0 Å². The van der Waals surface area contributed by atoms with E-state index < -0.39 is 6.10 Å². The summed E-state index contributed by atoms with van der Waals surface area (Å²) in [5, 5.41) is 20.2. The number of carbonyl (C=O) groups excluding carboxylic acids is 1. The minimum Gasteiger partial charge on any atom is -0.396 e. The van der Waals surface area contributed by atoms with Crippen LogP contribution in [-0.2, 0) is 14.4 Å². The molecule has 1 aliphatic rings. The lowest BCUT2D eigenvalue weighted by Crippen LogP contribution is -2.32. The first-order valence-electron chi connectivity index (χ1n) is 8.32. The Labute approximate surface area is 139 Å². The third-order valence-corrected chi connectivity index (χ3v) is 4.38. The van der Waals surface area contributed by atoms with Crippen LogP contribution in [-0.4, -0.2) is 60.3 Å². The summed E-state index contributed by atoms with van der Waals surface area (Å²) in [7, 11) is 3.01. The SMILES string of the molecule is C=C1CC(CCCO)O[C@H]1CCC(O)C[C@@H](C)C(=O)N(C)OC. The normalized spacial score (nSPS) is 23.8. The van der Waals surface area contributed by atoms with Gasteiger partial charge in [0.25, 0.3) is 0 Å². The molecule has 134 valence electrons. The van der Waals surface area contributed by atoms with Crippen LogP contribution in [0.25, 0.3) is 0 Å². The second-order valence-corrected chi connectivity index (χ2v) is 6.36. The van der Waals surface area contributed by atoms with E-state index in [1.165, 1.54) is 12.2 Å². The third kappa shape index (κ3) is 6.59. The molecule has 6 nitrogen and oxygen atoms in total. The van der Waals surface area contributed by atoms with Gasteiger partial charge in [-0.25, -0.2) is 5.06 Å². The highest BCUT2D eigenvalue weighted by molar-refractivity contribution is 5.77. The summed E-state index contributed by atoms with van der Waals surface area (Å²) in [5.74, 6) is -0.433. The lowest BCUT2D eigenvalue weighted by Gasteiger charge is -2.21. The van der Waals surface area contributed by atoms with E-state index in [2.05, 4.69) is 6.58 Å². The molecule has 0 aromatic heterocycles. The molecule has 2 N–H and O–H groups in total. The largest absolute Gasteiger partial charge is 0.396 e. The van der Waals surface area contributed by atoms with E-state index in [1.807, 2.05) is 0 Å². The number of nitrogens with zero attached hydrogens (tertiary/aromatic N) is 1. The first-order chi connectivity index (χ1) is 10.9. The molecule has 1 heterocycles. The Balaban J connectivity index is 2.31. The number of hydrogen-bond donors (Lipinski definition) is 2. The first-order valence-corrected chi connectivity index (χ1v) is 8.32. The van der Waals surface area contributed by atoms with Crippen molar-refractivity contribution in [3.8, 4) is 0 Å². The summed E-state index contributed by atoms with van der Waals surface area (Å²) in [4.78, 5) is 16.8. The molecule has 0 aromatic rings. The zero-order valence-electron chi connectivity index (χ0n) is 14.5. The summed E-state index contributed by atoms with van der Waals surface area (Å²) in [6, 6.07) is 0. The molecule has 0 aliphatic carbocycles.